The van der Waals surface area contributed by atoms with Gasteiger partial charge in [-0.25, -0.2) is 18.7 Å². The van der Waals surface area contributed by atoms with Crippen molar-refractivity contribution in [3.8, 4) is 0 Å². The van der Waals surface area contributed by atoms with Gasteiger partial charge in [-0.15, -0.1) is 0 Å². The summed E-state index contributed by atoms with van der Waals surface area (Å²) in [6, 6.07) is 5.07. The Hall–Kier alpha value is -3.36. The van der Waals surface area contributed by atoms with Crippen molar-refractivity contribution in [1.29, 1.82) is 0 Å². The Morgan fingerprint density at radius 3 is 2.85 bits per heavy atom. The third-order valence-electron chi connectivity index (χ3n) is 4.36. The molecule has 2 aromatic heterocycles. The van der Waals surface area contributed by atoms with E-state index in [0.717, 1.165) is 17.3 Å². The molecule has 1 aromatic carbocycles. The molecule has 138 valence electrons. The fourth-order valence-corrected chi connectivity index (χ4v) is 3.01. The standard InChI is InChI=1S/C18H16F2N6O/c1-21-17(27)15-4-5-22-18(23-15)25-7-12-9-26(24-16(12)10-25)8-11-2-3-13(19)6-14(11)20/h2-6,9H,7-8,10H2,1H3,(H,21,27). The number of nitrogens with one attached hydrogen (secondary N) is 1. The fourth-order valence-electron chi connectivity index (χ4n) is 3.01. The number of hydrogen-bond acceptors (Lipinski definition) is 5. The molecular formula is C18H16F2N6O. The topological polar surface area (TPSA) is 75.9 Å². The van der Waals surface area contributed by atoms with Gasteiger partial charge in [-0.3, -0.25) is 9.48 Å². The van der Waals surface area contributed by atoms with Crippen LogP contribution in [-0.4, -0.2) is 32.7 Å². The molecule has 1 amide bonds. The molecule has 0 bridgehead atoms. The Balaban J connectivity index is 1.49. The first-order chi connectivity index (χ1) is 13.0. The smallest absolute Gasteiger partial charge is 0.269 e. The summed E-state index contributed by atoms with van der Waals surface area (Å²) in [4.78, 5) is 22.1. The van der Waals surface area contributed by atoms with Crippen molar-refractivity contribution in [1.82, 2.24) is 25.1 Å². The molecule has 27 heavy (non-hydrogen) atoms. The van der Waals surface area contributed by atoms with Gasteiger partial charge in [-0.1, -0.05) is 6.07 Å². The summed E-state index contributed by atoms with van der Waals surface area (Å²) in [5, 5.41) is 7.01. The molecular weight excluding hydrogens is 354 g/mol. The maximum absolute atomic E-state index is 13.8. The van der Waals surface area contributed by atoms with E-state index in [9.17, 15) is 13.6 Å². The minimum atomic E-state index is -0.603. The molecule has 0 fully saturated rings. The summed E-state index contributed by atoms with van der Waals surface area (Å²) in [6.07, 6.45) is 3.38. The van der Waals surface area contributed by atoms with Crippen molar-refractivity contribution >= 4 is 11.9 Å². The molecule has 3 heterocycles. The van der Waals surface area contributed by atoms with Gasteiger partial charge in [0.2, 0.25) is 5.95 Å². The number of benzene rings is 1. The number of fused-ring (bicyclic) bond motifs is 1. The van der Waals surface area contributed by atoms with Crippen molar-refractivity contribution in [2.24, 2.45) is 0 Å². The van der Waals surface area contributed by atoms with E-state index in [-0.39, 0.29) is 12.5 Å². The summed E-state index contributed by atoms with van der Waals surface area (Å²) in [5.41, 5.74) is 2.48. The zero-order valence-electron chi connectivity index (χ0n) is 14.5. The van der Waals surface area contributed by atoms with Crippen LogP contribution in [0.4, 0.5) is 14.7 Å². The first-order valence-electron chi connectivity index (χ1n) is 8.32. The second-order valence-corrected chi connectivity index (χ2v) is 6.21. The number of aromatic nitrogens is 4. The van der Waals surface area contributed by atoms with Crippen LogP contribution in [0.15, 0.2) is 36.7 Å². The lowest BCUT2D eigenvalue weighted by Gasteiger charge is -2.15. The average molecular weight is 370 g/mol. The highest BCUT2D eigenvalue weighted by Gasteiger charge is 2.25. The lowest BCUT2D eigenvalue weighted by Crippen LogP contribution is -2.23. The van der Waals surface area contributed by atoms with Gasteiger partial charge in [0, 0.05) is 43.2 Å². The van der Waals surface area contributed by atoms with Crippen LogP contribution in [-0.2, 0) is 19.6 Å². The van der Waals surface area contributed by atoms with E-state index in [0.29, 0.717) is 30.3 Å². The van der Waals surface area contributed by atoms with Crippen LogP contribution < -0.4 is 10.2 Å². The zero-order valence-corrected chi connectivity index (χ0v) is 14.5. The average Bonchev–Trinajstić information content (AvgIpc) is 3.22. The zero-order chi connectivity index (χ0) is 19.0. The number of halogens is 2. The first kappa shape index (κ1) is 17.1. The number of nitrogens with zero attached hydrogens (tertiary/aromatic N) is 5. The number of amides is 1. The lowest BCUT2D eigenvalue weighted by molar-refractivity contribution is 0.0958. The Bertz CT molecular complexity index is 995. The fraction of sp³-hybridized carbons (Fsp3) is 0.222. The number of carbonyl (C=O) groups is 1. The van der Waals surface area contributed by atoms with Crippen LogP contribution in [0, 0.1) is 11.6 Å². The Labute approximate surface area is 153 Å². The molecule has 1 aliphatic rings. The molecule has 0 saturated heterocycles. The monoisotopic (exact) mass is 370 g/mol. The van der Waals surface area contributed by atoms with Crippen LogP contribution in [0.25, 0.3) is 0 Å². The van der Waals surface area contributed by atoms with Gasteiger partial charge < -0.3 is 10.2 Å². The van der Waals surface area contributed by atoms with Crippen molar-refractivity contribution in [2.45, 2.75) is 19.6 Å². The summed E-state index contributed by atoms with van der Waals surface area (Å²) in [5.74, 6) is -1.02. The van der Waals surface area contributed by atoms with Crippen molar-refractivity contribution in [2.75, 3.05) is 11.9 Å². The molecule has 1 aliphatic heterocycles. The van der Waals surface area contributed by atoms with E-state index in [1.807, 2.05) is 11.1 Å². The Morgan fingerprint density at radius 2 is 2.11 bits per heavy atom. The highest BCUT2D eigenvalue weighted by Crippen LogP contribution is 2.25. The largest absolute Gasteiger partial charge is 0.354 e. The maximum atomic E-state index is 13.8. The molecule has 0 unspecified atom stereocenters. The van der Waals surface area contributed by atoms with Crippen LogP contribution in [0.2, 0.25) is 0 Å². The lowest BCUT2D eigenvalue weighted by atomic mass is 10.2. The van der Waals surface area contributed by atoms with Gasteiger partial charge in [0.1, 0.15) is 17.3 Å². The molecule has 0 atom stereocenters. The van der Waals surface area contributed by atoms with Gasteiger partial charge in [0.15, 0.2) is 0 Å². The van der Waals surface area contributed by atoms with Crippen LogP contribution in [0.3, 0.4) is 0 Å². The van der Waals surface area contributed by atoms with Crippen molar-refractivity contribution < 1.29 is 13.6 Å². The molecule has 3 aromatic rings. The highest BCUT2D eigenvalue weighted by molar-refractivity contribution is 5.92. The molecule has 1 N–H and O–H groups in total. The molecule has 7 nitrogen and oxygen atoms in total. The molecule has 0 aliphatic carbocycles. The number of carbonyl (C=O) groups excluding carboxylic acids is 1. The number of hydrogen-bond donors (Lipinski definition) is 1. The van der Waals surface area contributed by atoms with E-state index >= 15 is 0 Å². The molecule has 4 rings (SSSR count). The van der Waals surface area contributed by atoms with E-state index in [4.69, 9.17) is 0 Å². The SMILES string of the molecule is CNC(=O)c1ccnc(N2Cc3cn(Cc4ccc(F)cc4F)nc3C2)n1. The minimum Gasteiger partial charge on any atom is -0.354 e. The molecule has 0 spiro atoms. The highest BCUT2D eigenvalue weighted by atomic mass is 19.1. The predicted octanol–water partition coefficient (Wildman–Crippen LogP) is 1.88. The van der Waals surface area contributed by atoms with Crippen LogP contribution in [0.5, 0.6) is 0 Å². The van der Waals surface area contributed by atoms with Crippen LogP contribution in [0.1, 0.15) is 27.3 Å². The van der Waals surface area contributed by atoms with Crippen LogP contribution >= 0.6 is 0 Å². The number of rotatable bonds is 4. The van der Waals surface area contributed by atoms with E-state index < -0.39 is 11.6 Å². The third kappa shape index (κ3) is 3.35. The summed E-state index contributed by atoms with van der Waals surface area (Å²) >= 11 is 0. The van der Waals surface area contributed by atoms with Gasteiger partial charge in [0.05, 0.1) is 18.8 Å². The summed E-state index contributed by atoms with van der Waals surface area (Å²) < 4.78 is 28.5. The van der Waals surface area contributed by atoms with Gasteiger partial charge in [-0.05, 0) is 12.1 Å². The Kier molecular flexibility index (Phi) is 4.27. The normalized spacial score (nSPS) is 12.9. The quantitative estimate of drug-likeness (QED) is 0.759. The summed E-state index contributed by atoms with van der Waals surface area (Å²) in [7, 11) is 1.54. The first-order valence-corrected chi connectivity index (χ1v) is 8.32. The minimum absolute atomic E-state index is 0.224. The summed E-state index contributed by atoms with van der Waals surface area (Å²) in [6.45, 7) is 1.26. The van der Waals surface area contributed by atoms with Gasteiger partial charge >= 0.3 is 0 Å². The maximum Gasteiger partial charge on any atom is 0.269 e. The van der Waals surface area contributed by atoms with Gasteiger partial charge in [0.25, 0.3) is 5.91 Å². The van der Waals surface area contributed by atoms with E-state index in [1.165, 1.54) is 12.1 Å². The second kappa shape index (κ2) is 6.75. The molecule has 0 radical (unpaired) electrons. The molecule has 0 saturated carbocycles. The second-order valence-electron chi connectivity index (χ2n) is 6.21. The number of anilines is 1. The van der Waals surface area contributed by atoms with E-state index in [2.05, 4.69) is 20.4 Å². The van der Waals surface area contributed by atoms with Gasteiger partial charge in [-0.2, -0.15) is 5.10 Å². The van der Waals surface area contributed by atoms with Crippen molar-refractivity contribution in [3.05, 3.63) is 70.8 Å². The van der Waals surface area contributed by atoms with E-state index in [1.54, 1.807) is 24.0 Å². The van der Waals surface area contributed by atoms with Crippen molar-refractivity contribution in [3.63, 3.8) is 0 Å². The third-order valence-corrected chi connectivity index (χ3v) is 4.36. The molecule has 9 heteroatoms. The predicted molar refractivity (Wildman–Crippen MR) is 93.0 cm³/mol. The Morgan fingerprint density at radius 1 is 1.26 bits per heavy atom.